The Balaban J connectivity index is 4.96. The summed E-state index contributed by atoms with van der Waals surface area (Å²) in [6.07, 6.45) is 40.1. The Hall–Kier alpha value is -3.15. The molecule has 32 heteroatoms. The standard InChI is InChI=1S/C92H177NO31/c1-5-7-9-11-13-15-17-19-21-23-25-27-29-31-33-35-37-123-90(94)85-88(92(96)124-38-36-34-32-30-28-26-24-22-20-18-16-14-12-10-8-6-2)93-91(95)89(122-84-83-121-87-120-82-80-118-78-76-116-74-72-114-70-68-112-66-64-108-58-56-106-54-52-104-50-48-102-46-44-100-42-40-98-4)86-119-81-79-117-77-75-115-73-71-113-69-67-111-65-63-110-62-61-109-60-59-107-57-55-105-53-51-103-49-47-101-45-43-99-41-39-97-3/h19-22,88-89H,5-18,23-87H2,1-4H3,(H,93,95)/t88-,89?/m0/s1. The highest BCUT2D eigenvalue weighted by Crippen LogP contribution is 2.14. The van der Waals surface area contributed by atoms with Gasteiger partial charge in [-0.3, -0.25) is 9.59 Å². The minimum Gasteiger partial charge on any atom is -0.466 e. The average molecular weight is 1790 g/mol. The van der Waals surface area contributed by atoms with Crippen LogP contribution in [0.3, 0.4) is 0 Å². The second-order valence-electron chi connectivity index (χ2n) is 29.1. The van der Waals surface area contributed by atoms with Crippen LogP contribution in [0.25, 0.3) is 0 Å². The van der Waals surface area contributed by atoms with Gasteiger partial charge in [0.25, 0.3) is 5.91 Å². The van der Waals surface area contributed by atoms with E-state index in [-0.39, 0.29) is 59.6 Å². The lowest BCUT2D eigenvalue weighted by molar-refractivity contribution is -0.156. The number of hydrogen-bond acceptors (Lipinski definition) is 31. The van der Waals surface area contributed by atoms with Crippen LogP contribution in [-0.4, -0.2) is 375 Å². The molecule has 0 aromatic heterocycles. The molecule has 0 aromatic carbocycles. The highest BCUT2D eigenvalue weighted by Gasteiger charge is 2.30. The van der Waals surface area contributed by atoms with Crippen molar-refractivity contribution in [3.63, 3.8) is 0 Å². The molecule has 0 aliphatic heterocycles. The zero-order valence-corrected chi connectivity index (χ0v) is 78.0. The van der Waals surface area contributed by atoms with Crippen molar-refractivity contribution in [3.05, 3.63) is 24.3 Å². The van der Waals surface area contributed by atoms with Crippen molar-refractivity contribution in [2.45, 2.75) is 212 Å². The van der Waals surface area contributed by atoms with Crippen molar-refractivity contribution in [1.29, 1.82) is 0 Å². The first-order valence-electron chi connectivity index (χ1n) is 47.3. The van der Waals surface area contributed by atoms with Gasteiger partial charge in [-0.15, -0.1) is 0 Å². The van der Waals surface area contributed by atoms with Gasteiger partial charge in [-0.25, -0.2) is 4.79 Å². The number of allylic oxidation sites excluding steroid dienone is 4. The Bertz CT molecular complexity index is 2100. The van der Waals surface area contributed by atoms with Gasteiger partial charge in [0, 0.05) is 14.2 Å². The number of amides is 1. The van der Waals surface area contributed by atoms with Crippen LogP contribution in [0.5, 0.6) is 0 Å². The van der Waals surface area contributed by atoms with Crippen LogP contribution in [0, 0.1) is 0 Å². The molecule has 0 aromatic rings. The average Bonchev–Trinajstić information content (AvgIpc) is 0.883. The van der Waals surface area contributed by atoms with Crippen molar-refractivity contribution < 1.29 is 147 Å². The fourth-order valence-electron chi connectivity index (χ4n) is 11.3. The van der Waals surface area contributed by atoms with Crippen molar-refractivity contribution in [1.82, 2.24) is 5.32 Å². The SMILES string of the molecule is CCCCCCCCC=CCCCCCCCCOC(=O)C[C@H](NC(=O)C(COCCOCCOCCOCCOCCOCCOCCOCCOCCOCCOCCOCCOC)OCCOCOCCOCCOCCOCCOCCOCCOCCOCCOCCOCCOC)C(=O)OCCCCCCCCC=CCCCCCCCC. The Morgan fingerprint density at radius 3 is 0.718 bits per heavy atom. The smallest absolute Gasteiger partial charge is 0.329 e. The third-order valence-corrected chi connectivity index (χ3v) is 18.4. The van der Waals surface area contributed by atoms with E-state index in [1.807, 2.05) is 0 Å². The number of carbonyl (C=O) groups excluding carboxylic acids is 3. The molecule has 0 saturated carbocycles. The summed E-state index contributed by atoms with van der Waals surface area (Å²) in [6, 6.07) is -1.32. The summed E-state index contributed by atoms with van der Waals surface area (Å²) < 4.78 is 155. The van der Waals surface area contributed by atoms with Crippen LogP contribution in [-0.2, 0) is 147 Å². The van der Waals surface area contributed by atoms with E-state index in [2.05, 4.69) is 43.5 Å². The van der Waals surface area contributed by atoms with E-state index >= 15 is 0 Å². The summed E-state index contributed by atoms with van der Waals surface area (Å²) in [5.41, 5.74) is 0. The van der Waals surface area contributed by atoms with Gasteiger partial charge in [-0.05, 0) is 64.2 Å². The molecule has 32 nitrogen and oxygen atoms in total. The summed E-state index contributed by atoms with van der Waals surface area (Å²) in [6.45, 7) is 24.2. The van der Waals surface area contributed by atoms with Crippen LogP contribution in [0.4, 0.5) is 0 Å². The van der Waals surface area contributed by atoms with Crippen molar-refractivity contribution in [2.75, 3.05) is 345 Å². The number of unbranched alkanes of at least 4 members (excludes halogenated alkanes) is 24. The summed E-state index contributed by atoms with van der Waals surface area (Å²) in [4.78, 5) is 41.4. The largest absolute Gasteiger partial charge is 0.466 e. The van der Waals surface area contributed by atoms with E-state index in [1.54, 1.807) is 14.2 Å². The first-order valence-corrected chi connectivity index (χ1v) is 47.3. The Morgan fingerprint density at radius 2 is 0.452 bits per heavy atom. The zero-order valence-electron chi connectivity index (χ0n) is 78.0. The number of rotatable bonds is 111. The van der Waals surface area contributed by atoms with Crippen LogP contribution >= 0.6 is 0 Å². The van der Waals surface area contributed by atoms with Crippen LogP contribution in [0.1, 0.15) is 200 Å². The molecular weight excluding hydrogens is 1610 g/mol. The lowest BCUT2D eigenvalue weighted by atomic mass is 10.1. The van der Waals surface area contributed by atoms with E-state index in [1.165, 1.54) is 89.9 Å². The molecule has 736 valence electrons. The predicted octanol–water partition coefficient (Wildman–Crippen LogP) is 12.0. The molecule has 0 saturated heterocycles. The third kappa shape index (κ3) is 103. The van der Waals surface area contributed by atoms with Gasteiger partial charge in [-0.1, -0.05) is 154 Å². The monoisotopic (exact) mass is 1790 g/mol. The molecular formula is C92H177NO31. The number of methoxy groups -OCH3 is 2. The Labute approximate surface area is 748 Å². The van der Waals surface area contributed by atoms with Gasteiger partial charge in [-0.2, -0.15) is 0 Å². The van der Waals surface area contributed by atoms with Crippen molar-refractivity contribution in [3.8, 4) is 0 Å². The topological polar surface area (TPSA) is 322 Å². The lowest BCUT2D eigenvalue weighted by Crippen LogP contribution is -2.49. The molecule has 1 N–H and O–H groups in total. The Morgan fingerprint density at radius 1 is 0.234 bits per heavy atom. The molecule has 0 bridgehead atoms. The molecule has 0 rings (SSSR count). The van der Waals surface area contributed by atoms with Gasteiger partial charge in [0.2, 0.25) is 0 Å². The normalized spacial score (nSPS) is 12.3. The summed E-state index contributed by atoms with van der Waals surface area (Å²) in [7, 11) is 3.28. The molecule has 0 fully saturated rings. The molecule has 0 heterocycles. The fourth-order valence-corrected chi connectivity index (χ4v) is 11.3. The zero-order chi connectivity index (χ0) is 89.1. The van der Waals surface area contributed by atoms with E-state index in [4.69, 9.17) is 133 Å². The maximum atomic E-state index is 14.1. The van der Waals surface area contributed by atoms with E-state index in [0.29, 0.717) is 284 Å². The number of nitrogens with one attached hydrogen (secondary N) is 1. The third-order valence-electron chi connectivity index (χ3n) is 18.4. The maximum absolute atomic E-state index is 14.1. The number of ether oxygens (including phenoxy) is 28. The highest BCUT2D eigenvalue weighted by atomic mass is 16.7. The number of carbonyl (C=O) groups is 3. The molecule has 0 aliphatic carbocycles. The van der Waals surface area contributed by atoms with Crippen LogP contribution in [0.15, 0.2) is 24.3 Å². The van der Waals surface area contributed by atoms with Crippen molar-refractivity contribution in [2.24, 2.45) is 0 Å². The van der Waals surface area contributed by atoms with E-state index in [0.717, 1.165) is 77.0 Å². The first kappa shape index (κ1) is 121. The highest BCUT2D eigenvalue weighted by molar-refractivity contribution is 5.89. The van der Waals surface area contributed by atoms with Crippen LogP contribution < -0.4 is 5.32 Å². The molecule has 0 radical (unpaired) electrons. The molecule has 2 atom stereocenters. The van der Waals surface area contributed by atoms with E-state index in [9.17, 15) is 14.4 Å². The molecule has 124 heavy (non-hydrogen) atoms. The molecule has 1 unspecified atom stereocenters. The second kappa shape index (κ2) is 110. The van der Waals surface area contributed by atoms with Gasteiger partial charge < -0.3 is 138 Å². The molecule has 0 aliphatic rings. The number of hydrogen-bond donors (Lipinski definition) is 1. The minimum atomic E-state index is -1.32. The first-order chi connectivity index (χ1) is 61.5. The maximum Gasteiger partial charge on any atom is 0.329 e. The second-order valence-corrected chi connectivity index (χ2v) is 29.1. The van der Waals surface area contributed by atoms with Crippen molar-refractivity contribution >= 4 is 17.8 Å². The molecule has 0 spiro atoms. The van der Waals surface area contributed by atoms with E-state index < -0.39 is 36.4 Å². The predicted molar refractivity (Wildman–Crippen MR) is 475 cm³/mol. The van der Waals surface area contributed by atoms with Gasteiger partial charge in [0.1, 0.15) is 12.8 Å². The Kier molecular flexibility index (Phi) is 108. The van der Waals surface area contributed by atoms with Crippen LogP contribution in [0.2, 0.25) is 0 Å². The summed E-state index contributed by atoms with van der Waals surface area (Å²) >= 11 is 0. The summed E-state index contributed by atoms with van der Waals surface area (Å²) in [5.74, 6) is -2.00. The lowest BCUT2D eigenvalue weighted by Gasteiger charge is -2.22. The molecule has 1 amide bonds. The summed E-state index contributed by atoms with van der Waals surface area (Å²) in [5, 5.41) is 2.74. The number of esters is 2. The van der Waals surface area contributed by atoms with Gasteiger partial charge in [0.05, 0.1) is 330 Å². The minimum absolute atomic E-state index is 0.0214. The van der Waals surface area contributed by atoms with Gasteiger partial charge >= 0.3 is 11.9 Å². The quantitative estimate of drug-likeness (QED) is 0.0256. The fraction of sp³-hybridized carbons (Fsp3) is 0.924. The van der Waals surface area contributed by atoms with Gasteiger partial charge in [0.15, 0.2) is 6.10 Å².